The van der Waals surface area contributed by atoms with E-state index >= 15 is 0 Å². The lowest BCUT2D eigenvalue weighted by molar-refractivity contribution is -0.121. The number of hydrogen-bond donors (Lipinski definition) is 2. The summed E-state index contributed by atoms with van der Waals surface area (Å²) < 4.78 is 0. The Kier molecular flexibility index (Phi) is 4.59. The standard InChI is InChI=1S/C16H23NO2/c1-3-15(18)12-9-8-11-6-5-7-14(13(11)10-12)17-16(19)4-2/h8-10,14-15,18H,3-7H2,1-2H3,(H,17,19). The Bertz CT molecular complexity index is 456. The highest BCUT2D eigenvalue weighted by molar-refractivity contribution is 5.76. The Labute approximate surface area is 115 Å². The lowest BCUT2D eigenvalue weighted by atomic mass is 9.85. The van der Waals surface area contributed by atoms with Crippen LogP contribution in [-0.4, -0.2) is 11.0 Å². The lowest BCUT2D eigenvalue weighted by Crippen LogP contribution is -2.30. The van der Waals surface area contributed by atoms with Crippen LogP contribution in [0, 0.1) is 0 Å². The SMILES string of the molecule is CCC(=O)NC1CCCc2ccc(C(O)CC)cc21. The fourth-order valence-electron chi connectivity index (χ4n) is 2.71. The maximum Gasteiger partial charge on any atom is 0.220 e. The Hall–Kier alpha value is -1.35. The highest BCUT2D eigenvalue weighted by atomic mass is 16.3. The first-order valence-corrected chi connectivity index (χ1v) is 7.25. The summed E-state index contributed by atoms with van der Waals surface area (Å²) in [7, 11) is 0. The molecule has 0 aliphatic heterocycles. The minimum Gasteiger partial charge on any atom is -0.388 e. The van der Waals surface area contributed by atoms with E-state index in [1.54, 1.807) is 0 Å². The fourth-order valence-corrected chi connectivity index (χ4v) is 2.71. The van der Waals surface area contributed by atoms with Crippen LogP contribution >= 0.6 is 0 Å². The molecule has 0 fully saturated rings. The van der Waals surface area contributed by atoms with Gasteiger partial charge in [0.15, 0.2) is 0 Å². The molecule has 2 atom stereocenters. The Balaban J connectivity index is 2.27. The van der Waals surface area contributed by atoms with Crippen molar-refractivity contribution in [2.24, 2.45) is 0 Å². The largest absolute Gasteiger partial charge is 0.388 e. The quantitative estimate of drug-likeness (QED) is 0.875. The summed E-state index contributed by atoms with van der Waals surface area (Å²) in [6, 6.07) is 6.30. The number of rotatable bonds is 4. The van der Waals surface area contributed by atoms with Crippen molar-refractivity contribution in [2.45, 2.75) is 58.1 Å². The summed E-state index contributed by atoms with van der Waals surface area (Å²) in [4.78, 5) is 11.6. The number of nitrogens with one attached hydrogen (secondary N) is 1. The molecule has 1 aromatic carbocycles. The zero-order chi connectivity index (χ0) is 13.8. The van der Waals surface area contributed by atoms with Crippen molar-refractivity contribution in [3.8, 4) is 0 Å². The minimum absolute atomic E-state index is 0.0966. The number of fused-ring (bicyclic) bond motifs is 1. The van der Waals surface area contributed by atoms with Gasteiger partial charge in [-0.15, -0.1) is 0 Å². The third-order valence-corrected chi connectivity index (χ3v) is 3.91. The molecule has 3 heteroatoms. The average molecular weight is 261 g/mol. The highest BCUT2D eigenvalue weighted by Gasteiger charge is 2.22. The molecular weight excluding hydrogens is 238 g/mol. The van der Waals surface area contributed by atoms with Gasteiger partial charge in [-0.2, -0.15) is 0 Å². The molecule has 2 rings (SSSR count). The first-order chi connectivity index (χ1) is 9.15. The van der Waals surface area contributed by atoms with Crippen LogP contribution in [0.2, 0.25) is 0 Å². The maximum atomic E-state index is 11.6. The molecule has 0 spiro atoms. The summed E-state index contributed by atoms with van der Waals surface area (Å²) in [5, 5.41) is 13.0. The Morgan fingerprint density at radius 2 is 2.26 bits per heavy atom. The van der Waals surface area contributed by atoms with E-state index in [0.717, 1.165) is 24.8 Å². The summed E-state index contributed by atoms with van der Waals surface area (Å²) in [5.74, 6) is 0.0966. The average Bonchev–Trinajstić information content (AvgIpc) is 2.46. The molecule has 1 aliphatic carbocycles. The van der Waals surface area contributed by atoms with Crippen molar-refractivity contribution < 1.29 is 9.90 Å². The van der Waals surface area contributed by atoms with E-state index in [1.165, 1.54) is 11.1 Å². The monoisotopic (exact) mass is 261 g/mol. The van der Waals surface area contributed by atoms with Gasteiger partial charge in [-0.25, -0.2) is 0 Å². The van der Waals surface area contributed by atoms with Crippen molar-refractivity contribution >= 4 is 5.91 Å². The second kappa shape index (κ2) is 6.20. The van der Waals surface area contributed by atoms with E-state index in [9.17, 15) is 9.90 Å². The summed E-state index contributed by atoms with van der Waals surface area (Å²) in [6.45, 7) is 3.84. The van der Waals surface area contributed by atoms with Gasteiger partial charge in [-0.1, -0.05) is 32.0 Å². The van der Waals surface area contributed by atoms with Gasteiger partial charge in [0, 0.05) is 6.42 Å². The molecule has 19 heavy (non-hydrogen) atoms. The number of hydrogen-bond acceptors (Lipinski definition) is 2. The molecule has 104 valence electrons. The van der Waals surface area contributed by atoms with Crippen molar-refractivity contribution in [1.82, 2.24) is 5.32 Å². The summed E-state index contributed by atoms with van der Waals surface area (Å²) in [6.07, 6.45) is 3.99. The van der Waals surface area contributed by atoms with Crippen LogP contribution in [0.1, 0.15) is 68.4 Å². The zero-order valence-electron chi connectivity index (χ0n) is 11.8. The van der Waals surface area contributed by atoms with Gasteiger partial charge in [-0.3, -0.25) is 4.79 Å². The van der Waals surface area contributed by atoms with E-state index in [2.05, 4.69) is 17.4 Å². The molecule has 2 N–H and O–H groups in total. The molecule has 1 aliphatic rings. The van der Waals surface area contributed by atoms with Crippen LogP contribution in [0.5, 0.6) is 0 Å². The van der Waals surface area contributed by atoms with E-state index in [4.69, 9.17) is 0 Å². The van der Waals surface area contributed by atoms with E-state index in [1.807, 2.05) is 19.9 Å². The predicted octanol–water partition coefficient (Wildman–Crippen LogP) is 3.03. The fraction of sp³-hybridized carbons (Fsp3) is 0.562. The molecular formula is C16H23NO2. The molecule has 0 saturated carbocycles. The van der Waals surface area contributed by atoms with Crippen LogP contribution in [0.4, 0.5) is 0 Å². The van der Waals surface area contributed by atoms with E-state index < -0.39 is 6.10 Å². The molecule has 3 nitrogen and oxygen atoms in total. The Morgan fingerprint density at radius 1 is 1.47 bits per heavy atom. The number of carbonyl (C=O) groups is 1. The topological polar surface area (TPSA) is 49.3 Å². The van der Waals surface area contributed by atoms with Gasteiger partial charge in [0.25, 0.3) is 0 Å². The number of aliphatic hydroxyl groups excluding tert-OH is 1. The second-order valence-corrected chi connectivity index (χ2v) is 5.25. The number of aliphatic hydroxyl groups is 1. The van der Waals surface area contributed by atoms with Gasteiger partial charge in [0.05, 0.1) is 12.1 Å². The molecule has 0 saturated heterocycles. The van der Waals surface area contributed by atoms with E-state index in [0.29, 0.717) is 12.8 Å². The Morgan fingerprint density at radius 3 is 2.95 bits per heavy atom. The van der Waals surface area contributed by atoms with Gasteiger partial charge in [0.2, 0.25) is 5.91 Å². The third-order valence-electron chi connectivity index (χ3n) is 3.91. The van der Waals surface area contributed by atoms with E-state index in [-0.39, 0.29) is 11.9 Å². The first-order valence-electron chi connectivity index (χ1n) is 7.25. The molecule has 2 unspecified atom stereocenters. The van der Waals surface area contributed by atoms with Crippen molar-refractivity contribution in [3.63, 3.8) is 0 Å². The highest BCUT2D eigenvalue weighted by Crippen LogP contribution is 2.32. The van der Waals surface area contributed by atoms with Crippen molar-refractivity contribution in [3.05, 3.63) is 34.9 Å². The number of amides is 1. The van der Waals surface area contributed by atoms with Crippen LogP contribution in [0.15, 0.2) is 18.2 Å². The molecule has 0 radical (unpaired) electrons. The lowest BCUT2D eigenvalue weighted by Gasteiger charge is -2.27. The van der Waals surface area contributed by atoms with Crippen LogP contribution in [0.3, 0.4) is 0 Å². The predicted molar refractivity (Wildman–Crippen MR) is 75.8 cm³/mol. The normalized spacial score (nSPS) is 19.6. The number of aryl methyl sites for hydroxylation is 1. The number of carbonyl (C=O) groups excluding carboxylic acids is 1. The smallest absolute Gasteiger partial charge is 0.220 e. The molecule has 1 amide bonds. The molecule has 0 bridgehead atoms. The molecule has 0 aromatic heterocycles. The summed E-state index contributed by atoms with van der Waals surface area (Å²) >= 11 is 0. The summed E-state index contributed by atoms with van der Waals surface area (Å²) in [5.41, 5.74) is 3.46. The number of benzene rings is 1. The van der Waals surface area contributed by atoms with Gasteiger partial charge < -0.3 is 10.4 Å². The van der Waals surface area contributed by atoms with Crippen LogP contribution in [0.25, 0.3) is 0 Å². The molecule has 0 heterocycles. The van der Waals surface area contributed by atoms with Gasteiger partial charge in [-0.05, 0) is 42.4 Å². The first kappa shape index (κ1) is 14.1. The minimum atomic E-state index is -0.408. The second-order valence-electron chi connectivity index (χ2n) is 5.25. The van der Waals surface area contributed by atoms with Crippen molar-refractivity contribution in [2.75, 3.05) is 0 Å². The maximum absolute atomic E-state index is 11.6. The van der Waals surface area contributed by atoms with Gasteiger partial charge >= 0.3 is 0 Å². The van der Waals surface area contributed by atoms with Gasteiger partial charge in [0.1, 0.15) is 0 Å². The van der Waals surface area contributed by atoms with Crippen molar-refractivity contribution in [1.29, 1.82) is 0 Å². The van der Waals surface area contributed by atoms with Crippen LogP contribution in [-0.2, 0) is 11.2 Å². The molecule has 1 aromatic rings. The third kappa shape index (κ3) is 3.16. The van der Waals surface area contributed by atoms with Crippen LogP contribution < -0.4 is 5.32 Å². The zero-order valence-corrected chi connectivity index (χ0v) is 11.8.